The van der Waals surface area contributed by atoms with Crippen LogP contribution in [0.3, 0.4) is 0 Å². The third kappa shape index (κ3) is 5.21. The van der Waals surface area contributed by atoms with Crippen LogP contribution in [-0.2, 0) is 11.3 Å². The fourth-order valence-electron chi connectivity index (χ4n) is 3.03. The average molecular weight is 359 g/mol. The summed E-state index contributed by atoms with van der Waals surface area (Å²) in [5, 5.41) is 7.24. The zero-order chi connectivity index (χ0) is 17.6. The minimum absolute atomic E-state index is 0.173. The lowest BCUT2D eigenvalue weighted by Gasteiger charge is -2.38. The van der Waals surface area contributed by atoms with Crippen molar-refractivity contribution in [2.45, 2.75) is 44.5 Å². The Balaban J connectivity index is 1.35. The Morgan fingerprint density at radius 1 is 1.16 bits per heavy atom. The molecule has 0 radical (unpaired) electrons. The van der Waals surface area contributed by atoms with Crippen LogP contribution in [0.5, 0.6) is 0 Å². The summed E-state index contributed by atoms with van der Waals surface area (Å²) in [4.78, 5) is 11.8. The second-order valence-electron chi connectivity index (χ2n) is 6.51. The fraction of sp³-hybridized carbons (Fsp3) is 0.350. The molecule has 1 amide bonds. The van der Waals surface area contributed by atoms with Crippen molar-refractivity contribution in [3.8, 4) is 0 Å². The molecular weight excluding hydrogens is 336 g/mol. The Morgan fingerprint density at radius 2 is 1.92 bits per heavy atom. The summed E-state index contributed by atoms with van der Waals surface area (Å²) in [6.45, 7) is 2.42. The highest BCUT2D eigenvalue weighted by atomic mass is 35.5. The summed E-state index contributed by atoms with van der Waals surface area (Å²) >= 11 is 6.04. The topological polar surface area (TPSA) is 50.4 Å². The maximum Gasteiger partial charge on any atom is 0.407 e. The molecule has 1 aliphatic carbocycles. The van der Waals surface area contributed by atoms with E-state index in [4.69, 9.17) is 16.3 Å². The number of alkyl carbamates (subject to hydrolysis) is 1. The van der Waals surface area contributed by atoms with E-state index in [0.717, 1.165) is 23.4 Å². The van der Waals surface area contributed by atoms with Gasteiger partial charge in [-0.3, -0.25) is 0 Å². The Kier molecular flexibility index (Phi) is 5.95. The SMILES string of the molecule is CC(NC1CC(NC(=O)OCc2ccccc2)C1)c1cccc(Cl)c1. The zero-order valence-electron chi connectivity index (χ0n) is 14.2. The molecule has 0 aromatic heterocycles. The van der Waals surface area contributed by atoms with Gasteiger partial charge in [0.25, 0.3) is 0 Å². The maximum absolute atomic E-state index is 11.8. The van der Waals surface area contributed by atoms with Crippen molar-refractivity contribution >= 4 is 17.7 Å². The van der Waals surface area contributed by atoms with Gasteiger partial charge >= 0.3 is 6.09 Å². The molecule has 1 fully saturated rings. The van der Waals surface area contributed by atoms with Crippen LogP contribution in [0.2, 0.25) is 5.02 Å². The second-order valence-corrected chi connectivity index (χ2v) is 6.95. The van der Waals surface area contributed by atoms with Crippen LogP contribution in [0.25, 0.3) is 0 Å². The number of ether oxygens (including phenoxy) is 1. The number of rotatable bonds is 6. The smallest absolute Gasteiger partial charge is 0.407 e. The number of halogens is 1. The lowest BCUT2D eigenvalue weighted by Crippen LogP contribution is -2.52. The van der Waals surface area contributed by atoms with Gasteiger partial charge in [0.1, 0.15) is 6.61 Å². The van der Waals surface area contributed by atoms with E-state index in [1.165, 1.54) is 5.56 Å². The standard InChI is InChI=1S/C20H23ClN2O2/c1-14(16-8-5-9-17(21)10-16)22-18-11-19(12-18)23-20(24)25-13-15-6-3-2-4-7-15/h2-10,14,18-19,22H,11-13H2,1H3,(H,23,24). The van der Waals surface area contributed by atoms with Gasteiger partial charge in [-0.2, -0.15) is 0 Å². The van der Waals surface area contributed by atoms with Crippen LogP contribution in [0.15, 0.2) is 54.6 Å². The monoisotopic (exact) mass is 358 g/mol. The normalized spacial score (nSPS) is 20.4. The van der Waals surface area contributed by atoms with Gasteiger partial charge in [0, 0.05) is 23.1 Å². The highest BCUT2D eigenvalue weighted by Gasteiger charge is 2.31. The lowest BCUT2D eigenvalue weighted by molar-refractivity contribution is 0.124. The Morgan fingerprint density at radius 3 is 2.64 bits per heavy atom. The first kappa shape index (κ1) is 17.8. The molecule has 0 heterocycles. The van der Waals surface area contributed by atoms with Crippen molar-refractivity contribution in [2.24, 2.45) is 0 Å². The molecule has 2 aromatic rings. The van der Waals surface area contributed by atoms with Crippen molar-refractivity contribution in [3.63, 3.8) is 0 Å². The van der Waals surface area contributed by atoms with E-state index in [1.54, 1.807) is 0 Å². The molecular formula is C20H23ClN2O2. The van der Waals surface area contributed by atoms with Crippen molar-refractivity contribution in [2.75, 3.05) is 0 Å². The summed E-state index contributed by atoms with van der Waals surface area (Å²) in [6.07, 6.45) is 1.46. The first-order chi connectivity index (χ1) is 12.1. The summed E-state index contributed by atoms with van der Waals surface area (Å²) in [6, 6.07) is 18.4. The number of nitrogens with one attached hydrogen (secondary N) is 2. The van der Waals surface area contributed by atoms with Crippen LogP contribution in [0.1, 0.15) is 36.9 Å². The minimum Gasteiger partial charge on any atom is -0.445 e. The molecule has 2 aromatic carbocycles. The molecule has 0 spiro atoms. The van der Waals surface area contributed by atoms with E-state index < -0.39 is 0 Å². The van der Waals surface area contributed by atoms with Crippen LogP contribution < -0.4 is 10.6 Å². The van der Waals surface area contributed by atoms with Gasteiger partial charge in [0.2, 0.25) is 0 Å². The molecule has 1 atom stereocenters. The third-order valence-corrected chi connectivity index (χ3v) is 4.74. The Labute approximate surface area is 153 Å². The summed E-state index contributed by atoms with van der Waals surface area (Å²) < 4.78 is 5.25. The Bertz CT molecular complexity index is 702. The second kappa shape index (κ2) is 8.37. The first-order valence-corrected chi connectivity index (χ1v) is 8.96. The van der Waals surface area contributed by atoms with Gasteiger partial charge in [0.05, 0.1) is 0 Å². The minimum atomic E-state index is -0.352. The van der Waals surface area contributed by atoms with Crippen LogP contribution in [0, 0.1) is 0 Å². The summed E-state index contributed by atoms with van der Waals surface area (Å²) in [5.74, 6) is 0. The summed E-state index contributed by atoms with van der Waals surface area (Å²) in [5.41, 5.74) is 2.16. The van der Waals surface area contributed by atoms with E-state index in [1.807, 2.05) is 48.5 Å². The predicted molar refractivity (Wildman–Crippen MR) is 99.6 cm³/mol. The molecule has 2 N–H and O–H groups in total. The number of benzene rings is 2. The van der Waals surface area contributed by atoms with E-state index in [2.05, 4.69) is 23.6 Å². The quantitative estimate of drug-likeness (QED) is 0.802. The van der Waals surface area contributed by atoms with Crippen LogP contribution in [0.4, 0.5) is 4.79 Å². The van der Waals surface area contributed by atoms with Gasteiger partial charge in [-0.25, -0.2) is 4.79 Å². The summed E-state index contributed by atoms with van der Waals surface area (Å²) in [7, 11) is 0. The Hall–Kier alpha value is -2.04. The molecule has 25 heavy (non-hydrogen) atoms. The van der Waals surface area contributed by atoms with E-state index in [0.29, 0.717) is 12.6 Å². The van der Waals surface area contributed by atoms with Crippen LogP contribution in [-0.4, -0.2) is 18.2 Å². The lowest BCUT2D eigenvalue weighted by atomic mass is 9.86. The molecule has 5 heteroatoms. The number of carbonyl (C=O) groups is 1. The molecule has 0 bridgehead atoms. The molecule has 3 rings (SSSR count). The van der Waals surface area contributed by atoms with Crippen molar-refractivity contribution in [3.05, 3.63) is 70.7 Å². The molecule has 1 saturated carbocycles. The molecule has 1 unspecified atom stereocenters. The van der Waals surface area contributed by atoms with Gasteiger partial charge in [-0.15, -0.1) is 0 Å². The number of hydrogen-bond donors (Lipinski definition) is 2. The zero-order valence-corrected chi connectivity index (χ0v) is 15.0. The van der Waals surface area contributed by atoms with Gasteiger partial charge in [-0.05, 0) is 43.0 Å². The molecule has 4 nitrogen and oxygen atoms in total. The van der Waals surface area contributed by atoms with Gasteiger partial charge in [0.15, 0.2) is 0 Å². The highest BCUT2D eigenvalue weighted by Crippen LogP contribution is 2.25. The highest BCUT2D eigenvalue weighted by molar-refractivity contribution is 6.30. The maximum atomic E-state index is 11.8. The van der Waals surface area contributed by atoms with E-state index in [9.17, 15) is 4.79 Å². The first-order valence-electron chi connectivity index (χ1n) is 8.59. The number of amides is 1. The molecule has 0 saturated heterocycles. The number of hydrogen-bond acceptors (Lipinski definition) is 3. The van der Waals surface area contributed by atoms with Crippen molar-refractivity contribution < 1.29 is 9.53 Å². The van der Waals surface area contributed by atoms with Gasteiger partial charge in [-0.1, -0.05) is 54.1 Å². The van der Waals surface area contributed by atoms with Crippen molar-refractivity contribution in [1.29, 1.82) is 0 Å². The molecule has 1 aliphatic rings. The fourth-order valence-corrected chi connectivity index (χ4v) is 3.23. The van der Waals surface area contributed by atoms with Crippen molar-refractivity contribution in [1.82, 2.24) is 10.6 Å². The average Bonchev–Trinajstić information content (AvgIpc) is 2.59. The largest absolute Gasteiger partial charge is 0.445 e. The predicted octanol–water partition coefficient (Wildman–Crippen LogP) is 4.45. The number of carbonyl (C=O) groups excluding carboxylic acids is 1. The molecule has 132 valence electrons. The third-order valence-electron chi connectivity index (χ3n) is 4.51. The van der Waals surface area contributed by atoms with E-state index in [-0.39, 0.29) is 18.2 Å². The van der Waals surface area contributed by atoms with Gasteiger partial charge < -0.3 is 15.4 Å². The molecule has 0 aliphatic heterocycles. The van der Waals surface area contributed by atoms with Crippen LogP contribution >= 0.6 is 11.6 Å². The van der Waals surface area contributed by atoms with E-state index >= 15 is 0 Å².